The summed E-state index contributed by atoms with van der Waals surface area (Å²) in [7, 11) is 0. The normalized spacial score (nSPS) is 30.0. The number of allylic oxidation sites excluding steroid dienone is 6. The molecule has 5 heteroatoms. The zero-order chi connectivity index (χ0) is 26.2. The zero-order valence-electron chi connectivity index (χ0n) is 22.4. The maximum Gasteiger partial charge on any atom is 0.213 e. The minimum atomic E-state index is -0.519. The first kappa shape index (κ1) is 27.4. The lowest BCUT2D eigenvalue weighted by Crippen LogP contribution is -2.36. The fraction of sp³-hybridized carbons (Fsp3) is 0.419. The molecule has 0 amide bonds. The molecule has 0 radical (unpaired) electrons. The lowest BCUT2D eigenvalue weighted by molar-refractivity contribution is 0.148. The molecular weight excluding hydrogens is 447 g/mol. The quantitative estimate of drug-likeness (QED) is 0.191. The number of nitrogen functional groups attached to an aromatic ring is 1. The van der Waals surface area contributed by atoms with Gasteiger partial charge in [0, 0.05) is 28.7 Å². The summed E-state index contributed by atoms with van der Waals surface area (Å²) in [4.78, 5) is 9.16. The Bertz CT molecular complexity index is 1140. The van der Waals surface area contributed by atoms with Crippen molar-refractivity contribution in [2.45, 2.75) is 72.8 Å². The van der Waals surface area contributed by atoms with Gasteiger partial charge in [0.2, 0.25) is 5.95 Å². The van der Waals surface area contributed by atoms with Gasteiger partial charge < -0.3 is 11.1 Å². The van der Waals surface area contributed by atoms with E-state index < -0.39 is 5.95 Å². The Kier molecular flexibility index (Phi) is 9.63. The number of nitrogens with one attached hydrogen (secondary N) is 1. The van der Waals surface area contributed by atoms with Crippen molar-refractivity contribution >= 4 is 23.3 Å². The molecule has 3 N–H and O–H groups in total. The Hall–Kier alpha value is -3.21. The number of hydrogen-bond donors (Lipinski definition) is 2. The minimum Gasteiger partial charge on any atom is -0.398 e. The van der Waals surface area contributed by atoms with Crippen molar-refractivity contribution in [3.8, 4) is 0 Å². The SMILES string of the molecule is C=C(NC(/C=C(\C)c1ccccc1N)=NC1CC2CCC1CC2)C1=C(C)\C=C(C)/C=C(F)\N=C\1.CC. The largest absolute Gasteiger partial charge is 0.398 e. The minimum absolute atomic E-state index is 0.309. The lowest BCUT2D eigenvalue weighted by atomic mass is 9.68. The summed E-state index contributed by atoms with van der Waals surface area (Å²) in [6.45, 7) is 14.2. The average molecular weight is 489 g/mol. The van der Waals surface area contributed by atoms with Crippen molar-refractivity contribution in [3.63, 3.8) is 0 Å². The van der Waals surface area contributed by atoms with Gasteiger partial charge in [-0.1, -0.05) is 57.5 Å². The zero-order valence-corrected chi connectivity index (χ0v) is 22.4. The molecule has 2 bridgehead atoms. The highest BCUT2D eigenvalue weighted by molar-refractivity contribution is 6.02. The first-order valence-corrected chi connectivity index (χ1v) is 13.2. The number of rotatable bonds is 5. The summed E-state index contributed by atoms with van der Waals surface area (Å²) in [5.74, 6) is 1.66. The number of para-hydroxylation sites is 1. The van der Waals surface area contributed by atoms with E-state index in [1.165, 1.54) is 38.0 Å². The van der Waals surface area contributed by atoms with E-state index >= 15 is 0 Å². The molecule has 1 aromatic rings. The van der Waals surface area contributed by atoms with E-state index in [1.807, 2.05) is 65.0 Å². The highest BCUT2D eigenvalue weighted by Crippen LogP contribution is 2.42. The standard InChI is InChI=1S/C29H35FN4.C2H6/c1-18-13-19(2)25(17-32-28(30)14-18)21(4)33-29(15-20(3)24-7-5-6-8-26(24)31)34-27-16-22-9-11-23(27)12-10-22;1-2/h5-8,13-15,17,22-23,27H,4,9-12,16,31H2,1-3H3,(H,33,34);1-2H3/b18-13-,18-14?,19-13?,20-15+,25-17?,25-19-,28-14-,32-17+,32-28?;. The number of benzene rings is 1. The fourth-order valence-electron chi connectivity index (χ4n) is 5.38. The topological polar surface area (TPSA) is 62.8 Å². The van der Waals surface area contributed by atoms with Gasteiger partial charge in [-0.05, 0) is 86.8 Å². The molecule has 5 rings (SSSR count). The van der Waals surface area contributed by atoms with Crippen LogP contribution in [0.2, 0.25) is 0 Å². The van der Waals surface area contributed by atoms with Crippen LogP contribution in [0.15, 0.2) is 87.4 Å². The molecule has 1 heterocycles. The van der Waals surface area contributed by atoms with Gasteiger partial charge in [0.1, 0.15) is 5.84 Å². The van der Waals surface area contributed by atoms with Gasteiger partial charge in [-0.15, -0.1) is 0 Å². The molecule has 36 heavy (non-hydrogen) atoms. The molecule has 3 aliphatic carbocycles. The summed E-state index contributed by atoms with van der Waals surface area (Å²) >= 11 is 0. The van der Waals surface area contributed by atoms with Crippen molar-refractivity contribution in [3.05, 3.63) is 83.0 Å². The van der Waals surface area contributed by atoms with Crippen LogP contribution in [0.1, 0.15) is 72.3 Å². The van der Waals surface area contributed by atoms with Crippen LogP contribution in [0, 0.1) is 11.8 Å². The van der Waals surface area contributed by atoms with Crippen LogP contribution in [0.5, 0.6) is 0 Å². The number of anilines is 1. The summed E-state index contributed by atoms with van der Waals surface area (Å²) in [5.41, 5.74) is 12.2. The van der Waals surface area contributed by atoms with Crippen LogP contribution < -0.4 is 11.1 Å². The highest BCUT2D eigenvalue weighted by Gasteiger charge is 2.35. The van der Waals surface area contributed by atoms with E-state index in [2.05, 4.69) is 23.0 Å². The van der Waals surface area contributed by atoms with E-state index in [9.17, 15) is 4.39 Å². The summed E-state index contributed by atoms with van der Waals surface area (Å²) < 4.78 is 14.0. The van der Waals surface area contributed by atoms with Crippen molar-refractivity contribution in [1.82, 2.24) is 5.32 Å². The second kappa shape index (κ2) is 12.7. The number of amidine groups is 1. The molecule has 4 nitrogen and oxygen atoms in total. The van der Waals surface area contributed by atoms with Crippen LogP contribution in [0.25, 0.3) is 5.57 Å². The maximum absolute atomic E-state index is 14.0. The van der Waals surface area contributed by atoms with E-state index in [0.29, 0.717) is 17.7 Å². The number of nitrogens with zero attached hydrogens (tertiary/aromatic N) is 2. The first-order chi connectivity index (χ1) is 17.3. The molecule has 3 saturated carbocycles. The van der Waals surface area contributed by atoms with Crippen LogP contribution in [0.3, 0.4) is 0 Å². The third-order valence-corrected chi connectivity index (χ3v) is 7.19. The number of halogens is 1. The summed E-state index contributed by atoms with van der Waals surface area (Å²) in [6.07, 6.45) is 13.3. The Morgan fingerprint density at radius 1 is 1.14 bits per heavy atom. The number of hydrogen-bond acceptors (Lipinski definition) is 3. The molecule has 192 valence electrons. The van der Waals surface area contributed by atoms with Crippen LogP contribution in [0.4, 0.5) is 10.1 Å². The number of nitrogens with two attached hydrogens (primary N) is 1. The number of fused-ring (bicyclic) bond motifs is 3. The van der Waals surface area contributed by atoms with Gasteiger partial charge in [-0.2, -0.15) is 4.39 Å². The average Bonchev–Trinajstić information content (AvgIpc) is 2.85. The third-order valence-electron chi connectivity index (χ3n) is 7.19. The van der Waals surface area contributed by atoms with Gasteiger partial charge in [0.05, 0.1) is 6.04 Å². The van der Waals surface area contributed by atoms with Gasteiger partial charge >= 0.3 is 0 Å². The molecule has 1 aliphatic heterocycles. The number of aliphatic imine (C=N–C) groups is 2. The molecule has 4 aliphatic rings. The maximum atomic E-state index is 14.0. The van der Waals surface area contributed by atoms with Crippen LogP contribution in [-0.2, 0) is 0 Å². The molecule has 1 aromatic carbocycles. The fourth-order valence-corrected chi connectivity index (χ4v) is 5.38. The highest BCUT2D eigenvalue weighted by atomic mass is 19.1. The van der Waals surface area contributed by atoms with E-state index in [4.69, 9.17) is 10.7 Å². The van der Waals surface area contributed by atoms with E-state index in [0.717, 1.165) is 51.7 Å². The van der Waals surface area contributed by atoms with Crippen molar-refractivity contribution < 1.29 is 4.39 Å². The molecule has 1 atom stereocenters. The third kappa shape index (κ3) is 6.93. The Morgan fingerprint density at radius 2 is 1.83 bits per heavy atom. The molecular formula is C31H41FN4. The molecule has 0 aromatic heterocycles. The molecule has 3 fully saturated rings. The Balaban J connectivity index is 0.00000176. The summed E-state index contributed by atoms with van der Waals surface area (Å²) in [6, 6.07) is 8.16. The van der Waals surface area contributed by atoms with Gasteiger partial charge in [-0.3, -0.25) is 4.99 Å². The van der Waals surface area contributed by atoms with Crippen molar-refractivity contribution in [2.75, 3.05) is 5.73 Å². The Labute approximate surface area is 216 Å². The molecule has 0 saturated heterocycles. The van der Waals surface area contributed by atoms with Crippen LogP contribution >= 0.6 is 0 Å². The van der Waals surface area contributed by atoms with Gasteiger partial charge in [-0.25, -0.2) is 4.99 Å². The predicted molar refractivity (Wildman–Crippen MR) is 154 cm³/mol. The van der Waals surface area contributed by atoms with Gasteiger partial charge in [0.25, 0.3) is 0 Å². The van der Waals surface area contributed by atoms with Crippen molar-refractivity contribution in [2.24, 2.45) is 21.8 Å². The van der Waals surface area contributed by atoms with Crippen molar-refractivity contribution in [1.29, 1.82) is 0 Å². The Morgan fingerprint density at radius 3 is 2.47 bits per heavy atom. The smallest absolute Gasteiger partial charge is 0.213 e. The first-order valence-electron chi connectivity index (χ1n) is 13.2. The second-order valence-corrected chi connectivity index (χ2v) is 9.83. The van der Waals surface area contributed by atoms with Gasteiger partial charge in [0.15, 0.2) is 0 Å². The van der Waals surface area contributed by atoms with Crippen LogP contribution in [-0.4, -0.2) is 18.1 Å². The second-order valence-electron chi connectivity index (χ2n) is 9.83. The summed E-state index contributed by atoms with van der Waals surface area (Å²) in [5, 5.41) is 3.44. The van der Waals surface area contributed by atoms with E-state index in [-0.39, 0.29) is 0 Å². The predicted octanol–water partition coefficient (Wildman–Crippen LogP) is 7.94. The molecule has 0 spiro atoms. The molecule has 1 unspecified atom stereocenters. The lowest BCUT2D eigenvalue weighted by Gasteiger charge is -2.40. The van der Waals surface area contributed by atoms with E-state index in [1.54, 1.807) is 0 Å². The monoisotopic (exact) mass is 488 g/mol.